The second-order valence-electron chi connectivity index (χ2n) is 15.9. The minimum Gasteiger partial charge on any atom is -0.497 e. The van der Waals surface area contributed by atoms with Crippen molar-refractivity contribution in [3.05, 3.63) is 96.2 Å². The summed E-state index contributed by atoms with van der Waals surface area (Å²) in [6.07, 6.45) is 7.33. The summed E-state index contributed by atoms with van der Waals surface area (Å²) in [4.78, 5) is 31.8. The molecule has 53 heavy (non-hydrogen) atoms. The number of piperidine rings is 1. The molecule has 3 aromatic carbocycles. The number of rotatable bonds is 6. The van der Waals surface area contributed by atoms with E-state index in [4.69, 9.17) is 24.2 Å². The van der Waals surface area contributed by atoms with Crippen molar-refractivity contribution in [2.75, 3.05) is 13.7 Å². The molecule has 0 bridgehead atoms. The van der Waals surface area contributed by atoms with Crippen molar-refractivity contribution in [1.82, 2.24) is 34.7 Å². The third kappa shape index (κ3) is 5.56. The van der Waals surface area contributed by atoms with Gasteiger partial charge in [-0.25, -0.2) is 14.8 Å². The first kappa shape index (κ1) is 32.1. The summed E-state index contributed by atoms with van der Waals surface area (Å²) in [6, 6.07) is 23.6. The zero-order chi connectivity index (χ0) is 36.0. The topological polar surface area (TPSA) is 122 Å². The van der Waals surface area contributed by atoms with Gasteiger partial charge >= 0.3 is 6.09 Å². The van der Waals surface area contributed by atoms with Crippen LogP contribution >= 0.6 is 0 Å². The predicted octanol–water partition coefficient (Wildman–Crippen LogP) is 8.53. The summed E-state index contributed by atoms with van der Waals surface area (Å²) in [5.41, 5.74) is 7.48. The largest absolute Gasteiger partial charge is 0.497 e. The van der Waals surface area contributed by atoms with Gasteiger partial charge in [-0.3, -0.25) is 4.90 Å². The number of amides is 1. The maximum atomic E-state index is 13.2. The Labute approximate surface area is 307 Å². The van der Waals surface area contributed by atoms with Crippen LogP contribution in [0.1, 0.15) is 81.8 Å². The molecule has 2 saturated heterocycles. The molecule has 3 aromatic heterocycles. The number of imidazole rings is 2. The minimum atomic E-state index is -0.546. The first-order valence-corrected chi connectivity index (χ1v) is 18.7. The summed E-state index contributed by atoms with van der Waals surface area (Å²) in [5.74, 6) is 3.85. The minimum absolute atomic E-state index is 0.0738. The molecule has 10 rings (SSSR count). The highest BCUT2D eigenvalue weighted by Crippen LogP contribution is 2.54. The fraction of sp³-hybridized carbons (Fsp3) is 0.357. The van der Waals surface area contributed by atoms with E-state index in [2.05, 4.69) is 68.4 Å². The summed E-state index contributed by atoms with van der Waals surface area (Å²) in [7, 11) is 1.69. The van der Waals surface area contributed by atoms with Crippen LogP contribution in [0.3, 0.4) is 0 Å². The van der Waals surface area contributed by atoms with Crippen LogP contribution in [0.25, 0.3) is 44.8 Å². The molecule has 3 aliphatic heterocycles. The van der Waals surface area contributed by atoms with Gasteiger partial charge in [-0.15, -0.1) is 0 Å². The van der Waals surface area contributed by atoms with Gasteiger partial charge in [0.2, 0.25) is 6.23 Å². The first-order chi connectivity index (χ1) is 25.7. The van der Waals surface area contributed by atoms with Gasteiger partial charge in [0, 0.05) is 33.7 Å². The first-order valence-electron chi connectivity index (χ1n) is 18.7. The van der Waals surface area contributed by atoms with Gasteiger partial charge in [-0.05, 0) is 107 Å². The number of aromatic amines is 2. The second-order valence-corrected chi connectivity index (χ2v) is 15.9. The molecule has 1 aliphatic carbocycles. The molecule has 5 atom stereocenters. The van der Waals surface area contributed by atoms with Crippen LogP contribution in [-0.2, 0) is 4.74 Å². The van der Waals surface area contributed by atoms with E-state index in [9.17, 15) is 4.79 Å². The van der Waals surface area contributed by atoms with E-state index in [-0.39, 0.29) is 24.2 Å². The van der Waals surface area contributed by atoms with E-state index in [0.29, 0.717) is 5.92 Å². The van der Waals surface area contributed by atoms with Crippen molar-refractivity contribution >= 4 is 17.0 Å². The van der Waals surface area contributed by atoms with E-state index in [1.165, 1.54) is 0 Å². The molecule has 0 radical (unpaired) electrons. The third-order valence-corrected chi connectivity index (χ3v) is 11.2. The van der Waals surface area contributed by atoms with Gasteiger partial charge in [0.05, 0.1) is 54.2 Å². The van der Waals surface area contributed by atoms with E-state index in [0.717, 1.165) is 106 Å². The number of hydrogen-bond donors (Lipinski definition) is 3. The highest BCUT2D eigenvalue weighted by atomic mass is 16.6. The second kappa shape index (κ2) is 12.0. The van der Waals surface area contributed by atoms with Gasteiger partial charge in [0.25, 0.3) is 0 Å². The number of H-pyrrole nitrogens is 2. The lowest BCUT2D eigenvalue weighted by atomic mass is 10.0. The number of fused-ring (bicyclic) bond motifs is 6. The molecule has 0 spiro atoms. The van der Waals surface area contributed by atoms with E-state index in [1.54, 1.807) is 7.11 Å². The standard InChI is InChI=1S/C42H43N7O4/c1-42(2,3)53-41(50)49-34-17-27(34)19-36(49)32-22-44-38(47-32)24-11-13-33-26(15-24)18-35-29-12-10-23(31-21-45-39(46-31)30-9-6-14-43-30)20-37(29)52-40(48(33)35)25-7-5-8-28(16-25)51-4/h5,7-8,10-13,15-16,18,20-22,27,30,34,36,40,43H,6,9,14,17,19H2,1-4H3,(H,44,47)(H,45,46)/t27?,30?,34?,36-,40?/m0/s1. The Hall–Kier alpha value is -5.55. The molecule has 3 N–H and O–H groups in total. The fourth-order valence-electron chi connectivity index (χ4n) is 8.57. The van der Waals surface area contributed by atoms with Crippen LogP contribution in [0.4, 0.5) is 4.79 Å². The van der Waals surface area contributed by atoms with Crippen molar-refractivity contribution in [2.45, 2.75) is 76.4 Å². The SMILES string of the molecule is COc1cccc(C2Oc3cc(-c4cnc(C5CCCN5)[nH]4)ccc3-c3cc4cc(-c5ncc([C@@H]6CC7CC7N6C(=O)OC(C)(C)C)[nH]5)ccc4n32)c1. The van der Waals surface area contributed by atoms with Gasteiger partial charge in [0.1, 0.15) is 28.7 Å². The number of nitrogens with one attached hydrogen (secondary N) is 3. The number of carbonyl (C=O) groups is 1. The monoisotopic (exact) mass is 709 g/mol. The van der Waals surface area contributed by atoms with Crippen molar-refractivity contribution in [1.29, 1.82) is 0 Å². The van der Waals surface area contributed by atoms with Crippen LogP contribution in [0.2, 0.25) is 0 Å². The zero-order valence-electron chi connectivity index (χ0n) is 30.3. The van der Waals surface area contributed by atoms with Crippen molar-refractivity contribution < 1.29 is 19.0 Å². The Bertz CT molecular complexity index is 2380. The van der Waals surface area contributed by atoms with Gasteiger partial charge < -0.3 is 34.1 Å². The quantitative estimate of drug-likeness (QED) is 0.158. The molecular weight excluding hydrogens is 667 g/mol. The Morgan fingerprint density at radius 1 is 0.962 bits per heavy atom. The number of benzene rings is 3. The molecule has 6 heterocycles. The normalized spacial score (nSPS) is 23.0. The summed E-state index contributed by atoms with van der Waals surface area (Å²) < 4.78 is 20.6. The molecule has 11 nitrogen and oxygen atoms in total. The average Bonchev–Trinajstić information content (AvgIpc) is 3.82. The van der Waals surface area contributed by atoms with Gasteiger partial charge in [-0.1, -0.05) is 18.2 Å². The maximum Gasteiger partial charge on any atom is 0.411 e. The Morgan fingerprint density at radius 3 is 2.68 bits per heavy atom. The number of methoxy groups -OCH3 is 1. The molecule has 11 heteroatoms. The van der Waals surface area contributed by atoms with E-state index >= 15 is 0 Å². The summed E-state index contributed by atoms with van der Waals surface area (Å²) >= 11 is 0. The molecule has 270 valence electrons. The van der Waals surface area contributed by atoms with Crippen LogP contribution < -0.4 is 14.8 Å². The highest BCUT2D eigenvalue weighted by Gasteiger charge is 2.55. The lowest BCUT2D eigenvalue weighted by Crippen LogP contribution is -2.38. The molecular formula is C42H43N7O4. The Kier molecular flexibility index (Phi) is 7.27. The average molecular weight is 710 g/mol. The predicted molar refractivity (Wildman–Crippen MR) is 202 cm³/mol. The molecule has 4 aliphatic rings. The Balaban J connectivity index is 1.01. The third-order valence-electron chi connectivity index (χ3n) is 11.2. The number of aromatic nitrogens is 5. The lowest BCUT2D eigenvalue weighted by molar-refractivity contribution is 0.0178. The molecule has 3 fully saturated rings. The smallest absolute Gasteiger partial charge is 0.411 e. The molecule has 4 unspecified atom stereocenters. The molecule has 1 saturated carbocycles. The zero-order valence-corrected chi connectivity index (χ0v) is 30.3. The van der Waals surface area contributed by atoms with Gasteiger partial charge in [0.15, 0.2) is 0 Å². The number of hydrogen-bond acceptors (Lipinski definition) is 7. The molecule has 1 amide bonds. The van der Waals surface area contributed by atoms with Crippen LogP contribution in [0.15, 0.2) is 79.1 Å². The molecule has 6 aromatic rings. The summed E-state index contributed by atoms with van der Waals surface area (Å²) in [6.45, 7) is 6.76. The van der Waals surface area contributed by atoms with Crippen LogP contribution in [0.5, 0.6) is 11.5 Å². The number of likely N-dealkylation sites (tertiary alicyclic amines) is 1. The van der Waals surface area contributed by atoms with Crippen LogP contribution in [-0.4, -0.2) is 60.8 Å². The lowest BCUT2D eigenvalue weighted by Gasteiger charge is -2.30. The van der Waals surface area contributed by atoms with Crippen LogP contribution in [0, 0.1) is 5.92 Å². The van der Waals surface area contributed by atoms with Gasteiger partial charge in [-0.2, -0.15) is 0 Å². The van der Waals surface area contributed by atoms with Crippen molar-refractivity contribution in [3.63, 3.8) is 0 Å². The van der Waals surface area contributed by atoms with E-state index in [1.807, 2.05) is 56.3 Å². The number of nitrogens with zero attached hydrogens (tertiary/aromatic N) is 4. The van der Waals surface area contributed by atoms with Crippen molar-refractivity contribution in [3.8, 4) is 45.4 Å². The highest BCUT2D eigenvalue weighted by molar-refractivity contribution is 5.92. The maximum absolute atomic E-state index is 13.2. The fourth-order valence-corrected chi connectivity index (χ4v) is 8.57. The van der Waals surface area contributed by atoms with Crippen molar-refractivity contribution in [2.24, 2.45) is 5.92 Å². The number of carbonyl (C=O) groups excluding carboxylic acids is 1. The van der Waals surface area contributed by atoms with E-state index < -0.39 is 11.8 Å². The number of ether oxygens (including phenoxy) is 3. The Morgan fingerprint density at radius 2 is 1.85 bits per heavy atom. The summed E-state index contributed by atoms with van der Waals surface area (Å²) in [5, 5.41) is 4.60.